The maximum Gasteiger partial charge on any atom is 0.237 e. The number of hydrogen-bond acceptors (Lipinski definition) is 4. The van der Waals surface area contributed by atoms with Crippen LogP contribution in [0.4, 0.5) is 0 Å². The highest BCUT2D eigenvalue weighted by molar-refractivity contribution is 5.79. The third-order valence-electron chi connectivity index (χ3n) is 4.69. The van der Waals surface area contributed by atoms with Crippen molar-refractivity contribution in [2.75, 3.05) is 19.7 Å². The molecule has 124 valence electrons. The minimum atomic E-state index is 0.170. The topological polar surface area (TPSA) is 45.7 Å². The fraction of sp³-hybridized carbons (Fsp3) is 0.368. The summed E-state index contributed by atoms with van der Waals surface area (Å²) in [6, 6.07) is 10.1. The van der Waals surface area contributed by atoms with Gasteiger partial charge in [-0.05, 0) is 30.2 Å². The van der Waals surface area contributed by atoms with Crippen LogP contribution in [0.15, 0.2) is 36.5 Å². The van der Waals surface area contributed by atoms with Crippen LogP contribution in [0, 0.1) is 6.92 Å². The van der Waals surface area contributed by atoms with Crippen LogP contribution in [0.5, 0.6) is 5.75 Å². The molecule has 0 saturated heterocycles. The van der Waals surface area contributed by atoms with Gasteiger partial charge in [-0.25, -0.2) is 0 Å². The molecule has 0 fully saturated rings. The average Bonchev–Trinajstić information content (AvgIpc) is 2.88. The summed E-state index contributed by atoms with van der Waals surface area (Å²) >= 11 is 0. The molecule has 5 heteroatoms. The van der Waals surface area contributed by atoms with E-state index < -0.39 is 0 Å². The molecular weight excluding hydrogens is 302 g/mol. The van der Waals surface area contributed by atoms with Crippen molar-refractivity contribution in [1.82, 2.24) is 14.8 Å². The van der Waals surface area contributed by atoms with Crippen LogP contribution < -0.4 is 4.74 Å². The van der Waals surface area contributed by atoms with Crippen molar-refractivity contribution >= 4 is 5.91 Å². The maximum absolute atomic E-state index is 12.7. The van der Waals surface area contributed by atoms with E-state index in [-0.39, 0.29) is 5.91 Å². The summed E-state index contributed by atoms with van der Waals surface area (Å²) in [5.41, 5.74) is 4.54. The van der Waals surface area contributed by atoms with Crippen LogP contribution >= 0.6 is 0 Å². The van der Waals surface area contributed by atoms with Gasteiger partial charge in [-0.15, -0.1) is 0 Å². The van der Waals surface area contributed by atoms with E-state index in [0.29, 0.717) is 26.2 Å². The monoisotopic (exact) mass is 323 g/mol. The van der Waals surface area contributed by atoms with E-state index in [1.807, 2.05) is 36.2 Å². The zero-order valence-electron chi connectivity index (χ0n) is 13.9. The molecule has 24 heavy (non-hydrogen) atoms. The molecule has 0 aliphatic carbocycles. The molecule has 0 saturated carbocycles. The quantitative estimate of drug-likeness (QED) is 0.849. The molecule has 5 nitrogen and oxygen atoms in total. The third kappa shape index (κ3) is 2.99. The Hall–Kier alpha value is -2.40. The summed E-state index contributed by atoms with van der Waals surface area (Å²) in [6.07, 6.45) is 1.90. The van der Waals surface area contributed by atoms with E-state index >= 15 is 0 Å². The van der Waals surface area contributed by atoms with Gasteiger partial charge in [-0.2, -0.15) is 0 Å². The van der Waals surface area contributed by atoms with Crippen molar-refractivity contribution in [3.8, 4) is 5.75 Å². The van der Waals surface area contributed by atoms with Gasteiger partial charge in [0.15, 0.2) is 0 Å². The largest absolute Gasteiger partial charge is 0.492 e. The first kappa shape index (κ1) is 15.1. The number of aryl methyl sites for hydroxylation is 1. The van der Waals surface area contributed by atoms with Crippen molar-refractivity contribution in [3.63, 3.8) is 0 Å². The molecule has 0 N–H and O–H groups in total. The first-order valence-corrected chi connectivity index (χ1v) is 8.34. The van der Waals surface area contributed by atoms with Gasteiger partial charge in [0.25, 0.3) is 0 Å². The van der Waals surface area contributed by atoms with Crippen molar-refractivity contribution in [2.24, 2.45) is 0 Å². The molecule has 0 unspecified atom stereocenters. The number of para-hydroxylation sites is 1. The molecule has 1 amide bonds. The zero-order valence-corrected chi connectivity index (χ0v) is 13.9. The molecule has 3 heterocycles. The van der Waals surface area contributed by atoms with Crippen LogP contribution in [0.3, 0.4) is 0 Å². The normalized spacial score (nSPS) is 17.0. The van der Waals surface area contributed by atoms with Crippen LogP contribution in [0.25, 0.3) is 0 Å². The molecule has 2 aliphatic rings. The molecule has 1 aromatic heterocycles. The van der Waals surface area contributed by atoms with Gasteiger partial charge in [-0.3, -0.25) is 14.7 Å². The number of pyridine rings is 1. The summed E-state index contributed by atoms with van der Waals surface area (Å²) in [5, 5.41) is 0. The van der Waals surface area contributed by atoms with Crippen molar-refractivity contribution in [1.29, 1.82) is 0 Å². The highest BCUT2D eigenvalue weighted by Gasteiger charge is 2.26. The Morgan fingerprint density at radius 1 is 1.17 bits per heavy atom. The van der Waals surface area contributed by atoms with Crippen molar-refractivity contribution < 1.29 is 9.53 Å². The summed E-state index contributed by atoms with van der Waals surface area (Å²) in [7, 11) is 0. The van der Waals surface area contributed by atoms with Gasteiger partial charge in [0.1, 0.15) is 12.4 Å². The number of carbonyl (C=O) groups is 1. The average molecular weight is 323 g/mol. The third-order valence-corrected chi connectivity index (χ3v) is 4.69. The highest BCUT2D eigenvalue weighted by Crippen LogP contribution is 2.24. The predicted octanol–water partition coefficient (Wildman–Crippen LogP) is 2.13. The van der Waals surface area contributed by atoms with E-state index in [1.165, 1.54) is 11.1 Å². The number of nitrogens with zero attached hydrogens (tertiary/aromatic N) is 3. The van der Waals surface area contributed by atoms with Gasteiger partial charge in [0.05, 0.1) is 6.54 Å². The summed E-state index contributed by atoms with van der Waals surface area (Å²) in [6.45, 7) is 5.91. The maximum atomic E-state index is 12.7. The Bertz CT molecular complexity index is 775. The number of hydrogen-bond donors (Lipinski definition) is 0. The van der Waals surface area contributed by atoms with Crippen molar-refractivity contribution in [3.05, 3.63) is 58.9 Å². The number of amides is 1. The lowest BCUT2D eigenvalue weighted by molar-refractivity contribution is -0.133. The van der Waals surface area contributed by atoms with E-state index in [2.05, 4.69) is 22.0 Å². The standard InChI is InChI=1S/C19H21N3O2/c1-14-8-16-11-22(12-17(16)9-20-14)19(23)13-21-6-7-24-18-5-3-2-4-15(18)10-21/h2-5,8-9H,6-7,10-13H2,1H3. The number of benzene rings is 1. The van der Waals surface area contributed by atoms with Crippen LogP contribution in [0.2, 0.25) is 0 Å². The Morgan fingerprint density at radius 2 is 2.00 bits per heavy atom. The fourth-order valence-corrected chi connectivity index (χ4v) is 3.38. The first-order chi connectivity index (χ1) is 11.7. The fourth-order valence-electron chi connectivity index (χ4n) is 3.38. The minimum absolute atomic E-state index is 0.170. The summed E-state index contributed by atoms with van der Waals surface area (Å²) < 4.78 is 5.77. The predicted molar refractivity (Wildman–Crippen MR) is 90.4 cm³/mol. The second kappa shape index (κ2) is 6.24. The summed E-state index contributed by atoms with van der Waals surface area (Å²) in [5.74, 6) is 1.10. The van der Waals surface area contributed by atoms with Gasteiger partial charge >= 0.3 is 0 Å². The number of carbonyl (C=O) groups excluding carboxylic acids is 1. The van der Waals surface area contributed by atoms with Gasteiger partial charge in [0, 0.05) is 43.6 Å². The Kier molecular flexibility index (Phi) is 3.94. The smallest absolute Gasteiger partial charge is 0.237 e. The van der Waals surface area contributed by atoms with E-state index in [4.69, 9.17) is 4.74 Å². The lowest BCUT2D eigenvalue weighted by Crippen LogP contribution is -2.38. The lowest BCUT2D eigenvalue weighted by Gasteiger charge is -2.22. The zero-order chi connectivity index (χ0) is 16.5. The molecule has 2 aliphatic heterocycles. The van der Waals surface area contributed by atoms with Crippen LogP contribution in [-0.4, -0.2) is 40.4 Å². The van der Waals surface area contributed by atoms with Crippen LogP contribution in [0.1, 0.15) is 22.4 Å². The Balaban J connectivity index is 1.42. The van der Waals surface area contributed by atoms with Gasteiger partial charge in [-0.1, -0.05) is 18.2 Å². The molecule has 1 aromatic carbocycles. The molecule has 0 bridgehead atoms. The highest BCUT2D eigenvalue weighted by atomic mass is 16.5. The second-order valence-electron chi connectivity index (χ2n) is 6.51. The van der Waals surface area contributed by atoms with E-state index in [1.54, 1.807) is 0 Å². The van der Waals surface area contributed by atoms with Gasteiger partial charge in [0.2, 0.25) is 5.91 Å². The number of aromatic nitrogens is 1. The molecule has 0 radical (unpaired) electrons. The number of ether oxygens (including phenoxy) is 1. The molecular formula is C19H21N3O2. The Morgan fingerprint density at radius 3 is 2.92 bits per heavy atom. The molecule has 2 aromatic rings. The minimum Gasteiger partial charge on any atom is -0.492 e. The van der Waals surface area contributed by atoms with Crippen molar-refractivity contribution in [2.45, 2.75) is 26.6 Å². The van der Waals surface area contributed by atoms with Gasteiger partial charge < -0.3 is 9.64 Å². The SMILES string of the molecule is Cc1cc2c(cn1)CN(C(=O)CN1CCOc3ccccc3C1)C2. The van der Waals surface area contributed by atoms with E-state index in [9.17, 15) is 4.79 Å². The second-order valence-corrected chi connectivity index (χ2v) is 6.51. The number of rotatable bonds is 2. The molecule has 4 rings (SSSR count). The first-order valence-electron chi connectivity index (χ1n) is 8.34. The number of fused-ring (bicyclic) bond motifs is 2. The molecule has 0 spiro atoms. The van der Waals surface area contributed by atoms with E-state index in [0.717, 1.165) is 30.1 Å². The summed E-state index contributed by atoms with van der Waals surface area (Å²) in [4.78, 5) is 21.1. The molecule has 0 atom stereocenters. The lowest BCUT2D eigenvalue weighted by atomic mass is 10.2. The Labute approximate surface area is 141 Å². The van der Waals surface area contributed by atoms with Crippen LogP contribution in [-0.2, 0) is 24.4 Å².